The van der Waals surface area contributed by atoms with E-state index in [1.807, 2.05) is 41.8 Å². The van der Waals surface area contributed by atoms with Gasteiger partial charge in [0, 0.05) is 5.69 Å². The Hall–Kier alpha value is -2.49. The molecule has 4 nitrogen and oxygen atoms in total. The maximum absolute atomic E-state index is 9.32. The summed E-state index contributed by atoms with van der Waals surface area (Å²) in [5.41, 5.74) is 9.84. The number of nitrogens with zero attached hydrogens (tertiary/aromatic N) is 2. The number of benzene rings is 2. The molecular weight excluding hydrogens is 226 g/mol. The molecule has 0 bridgehead atoms. The van der Waals surface area contributed by atoms with E-state index < -0.39 is 0 Å². The Balaban J connectivity index is 2.28. The summed E-state index contributed by atoms with van der Waals surface area (Å²) in [5, 5.41) is 9.32. The van der Waals surface area contributed by atoms with Crippen molar-refractivity contribution in [2.24, 2.45) is 0 Å². The highest BCUT2D eigenvalue weighted by Gasteiger charge is 2.09. The number of phenols is 1. The van der Waals surface area contributed by atoms with Crippen LogP contribution in [0.5, 0.6) is 5.75 Å². The summed E-state index contributed by atoms with van der Waals surface area (Å²) in [6.07, 6.45) is 0. The molecule has 1 aromatic heterocycles. The molecule has 0 spiro atoms. The number of phenolic OH excluding ortho intramolecular Hbond substituents is 1. The van der Waals surface area contributed by atoms with Crippen molar-refractivity contribution in [3.8, 4) is 11.4 Å². The minimum absolute atomic E-state index is 0.234. The Morgan fingerprint density at radius 3 is 2.56 bits per heavy atom. The molecule has 0 unspecified atom stereocenters. The molecule has 0 aliphatic rings. The van der Waals surface area contributed by atoms with Gasteiger partial charge in [-0.3, -0.25) is 4.57 Å². The first-order valence-electron chi connectivity index (χ1n) is 5.69. The summed E-state index contributed by atoms with van der Waals surface area (Å²) in [6.45, 7) is 2.02. The number of aromatic nitrogens is 2. The number of rotatable bonds is 1. The topological polar surface area (TPSA) is 64.1 Å². The van der Waals surface area contributed by atoms with Crippen molar-refractivity contribution in [3.05, 3.63) is 48.0 Å². The highest BCUT2D eigenvalue weighted by Crippen LogP contribution is 2.24. The monoisotopic (exact) mass is 239 g/mol. The normalized spacial score (nSPS) is 10.9. The number of hydrogen-bond donors (Lipinski definition) is 2. The van der Waals surface area contributed by atoms with Crippen molar-refractivity contribution in [1.82, 2.24) is 9.55 Å². The molecule has 0 radical (unpaired) electrons. The van der Waals surface area contributed by atoms with Gasteiger partial charge in [-0.1, -0.05) is 6.07 Å². The Kier molecular flexibility index (Phi) is 2.23. The highest BCUT2D eigenvalue weighted by atomic mass is 16.3. The van der Waals surface area contributed by atoms with E-state index >= 15 is 0 Å². The Morgan fingerprint density at radius 1 is 1.11 bits per heavy atom. The Bertz CT molecular complexity index is 714. The van der Waals surface area contributed by atoms with Gasteiger partial charge in [0.05, 0.1) is 11.0 Å². The van der Waals surface area contributed by atoms with Crippen LogP contribution in [-0.2, 0) is 0 Å². The summed E-state index contributed by atoms with van der Waals surface area (Å²) < 4.78 is 1.87. The van der Waals surface area contributed by atoms with Crippen molar-refractivity contribution in [1.29, 1.82) is 0 Å². The molecule has 0 amide bonds. The van der Waals surface area contributed by atoms with Crippen LogP contribution in [0.4, 0.5) is 5.95 Å². The van der Waals surface area contributed by atoms with Gasteiger partial charge in [0.25, 0.3) is 0 Å². The van der Waals surface area contributed by atoms with Gasteiger partial charge >= 0.3 is 0 Å². The third kappa shape index (κ3) is 1.59. The molecule has 0 aliphatic heterocycles. The fourth-order valence-corrected chi connectivity index (χ4v) is 2.08. The summed E-state index contributed by atoms with van der Waals surface area (Å²) in [4.78, 5) is 4.35. The first-order valence-corrected chi connectivity index (χ1v) is 5.69. The zero-order valence-electron chi connectivity index (χ0n) is 9.96. The van der Waals surface area contributed by atoms with Crippen molar-refractivity contribution in [2.75, 3.05) is 5.73 Å². The van der Waals surface area contributed by atoms with Crippen molar-refractivity contribution in [2.45, 2.75) is 6.92 Å². The first kappa shape index (κ1) is 10.7. The summed E-state index contributed by atoms with van der Waals surface area (Å²) in [7, 11) is 0. The van der Waals surface area contributed by atoms with Gasteiger partial charge in [-0.05, 0) is 48.9 Å². The average molecular weight is 239 g/mol. The lowest BCUT2D eigenvalue weighted by molar-refractivity contribution is 0.475. The lowest BCUT2D eigenvalue weighted by Gasteiger charge is -2.06. The van der Waals surface area contributed by atoms with Crippen molar-refractivity contribution < 1.29 is 5.11 Å². The Labute approximate surface area is 104 Å². The van der Waals surface area contributed by atoms with Gasteiger partial charge in [-0.2, -0.15) is 0 Å². The van der Waals surface area contributed by atoms with E-state index in [0.29, 0.717) is 5.95 Å². The molecule has 0 atom stereocenters. The standard InChI is InChI=1S/C14H13N3O/c1-9-2-7-13-12(8-9)16-14(15)17(13)10-3-5-11(18)6-4-10/h2-8,18H,1H3,(H2,15,16). The molecule has 0 saturated carbocycles. The van der Waals surface area contributed by atoms with E-state index in [-0.39, 0.29) is 5.75 Å². The molecule has 2 aromatic carbocycles. The summed E-state index contributed by atoms with van der Waals surface area (Å²) in [5.74, 6) is 0.680. The number of anilines is 1. The predicted molar refractivity (Wildman–Crippen MR) is 71.9 cm³/mol. The number of fused-ring (bicyclic) bond motifs is 1. The molecule has 3 aromatic rings. The SMILES string of the molecule is Cc1ccc2c(c1)nc(N)n2-c1ccc(O)cc1. The number of hydrogen-bond acceptors (Lipinski definition) is 3. The zero-order valence-corrected chi connectivity index (χ0v) is 9.96. The molecule has 0 aliphatic carbocycles. The summed E-state index contributed by atoms with van der Waals surface area (Å²) in [6, 6.07) is 12.9. The molecule has 0 fully saturated rings. The number of nitrogens with two attached hydrogens (primary N) is 1. The zero-order chi connectivity index (χ0) is 12.7. The van der Waals surface area contributed by atoms with Crippen LogP contribution in [0.25, 0.3) is 16.7 Å². The lowest BCUT2D eigenvalue weighted by atomic mass is 10.2. The van der Waals surface area contributed by atoms with Crippen LogP contribution < -0.4 is 5.73 Å². The van der Waals surface area contributed by atoms with Crippen molar-refractivity contribution >= 4 is 17.0 Å². The third-order valence-electron chi connectivity index (χ3n) is 2.94. The maximum atomic E-state index is 9.32. The molecule has 0 saturated heterocycles. The van der Waals surface area contributed by atoms with E-state index in [2.05, 4.69) is 4.98 Å². The van der Waals surface area contributed by atoms with Gasteiger partial charge < -0.3 is 10.8 Å². The van der Waals surface area contributed by atoms with E-state index in [9.17, 15) is 5.11 Å². The Morgan fingerprint density at radius 2 is 1.83 bits per heavy atom. The van der Waals surface area contributed by atoms with E-state index in [1.165, 1.54) is 0 Å². The molecule has 3 rings (SSSR count). The van der Waals surface area contributed by atoms with Crippen LogP contribution in [-0.4, -0.2) is 14.7 Å². The fraction of sp³-hybridized carbons (Fsp3) is 0.0714. The van der Waals surface area contributed by atoms with Gasteiger partial charge in [0.15, 0.2) is 0 Å². The third-order valence-corrected chi connectivity index (χ3v) is 2.94. The largest absolute Gasteiger partial charge is 0.508 e. The minimum Gasteiger partial charge on any atom is -0.508 e. The number of nitrogen functional groups attached to an aromatic ring is 1. The van der Waals surface area contributed by atoms with Crippen LogP contribution >= 0.6 is 0 Å². The van der Waals surface area contributed by atoms with Crippen LogP contribution in [0.3, 0.4) is 0 Å². The second-order valence-electron chi connectivity index (χ2n) is 4.31. The second kappa shape index (κ2) is 3.77. The number of aromatic hydroxyl groups is 1. The van der Waals surface area contributed by atoms with Crippen LogP contribution in [0.2, 0.25) is 0 Å². The molecule has 90 valence electrons. The van der Waals surface area contributed by atoms with Gasteiger partial charge in [-0.25, -0.2) is 4.98 Å². The predicted octanol–water partition coefficient (Wildman–Crippen LogP) is 2.62. The van der Waals surface area contributed by atoms with Gasteiger partial charge in [0.1, 0.15) is 5.75 Å². The fourth-order valence-electron chi connectivity index (χ4n) is 2.08. The van der Waals surface area contributed by atoms with Gasteiger partial charge in [0.2, 0.25) is 5.95 Å². The van der Waals surface area contributed by atoms with E-state index in [1.54, 1.807) is 12.1 Å². The smallest absolute Gasteiger partial charge is 0.205 e. The van der Waals surface area contributed by atoms with Crippen molar-refractivity contribution in [3.63, 3.8) is 0 Å². The van der Waals surface area contributed by atoms with Crippen LogP contribution in [0.1, 0.15) is 5.56 Å². The highest BCUT2D eigenvalue weighted by molar-refractivity contribution is 5.81. The molecule has 3 N–H and O–H groups in total. The number of aryl methyl sites for hydroxylation is 1. The maximum Gasteiger partial charge on any atom is 0.205 e. The second-order valence-corrected chi connectivity index (χ2v) is 4.31. The summed E-state index contributed by atoms with van der Waals surface area (Å²) >= 11 is 0. The quantitative estimate of drug-likeness (QED) is 0.686. The molecule has 18 heavy (non-hydrogen) atoms. The number of imidazole rings is 1. The first-order chi connectivity index (χ1) is 8.65. The molecule has 1 heterocycles. The van der Waals surface area contributed by atoms with Crippen LogP contribution in [0.15, 0.2) is 42.5 Å². The average Bonchev–Trinajstić information content (AvgIpc) is 2.65. The van der Waals surface area contributed by atoms with E-state index in [4.69, 9.17) is 5.73 Å². The molecular formula is C14H13N3O. The van der Waals surface area contributed by atoms with Crippen LogP contribution in [0, 0.1) is 6.92 Å². The molecule has 4 heteroatoms. The minimum atomic E-state index is 0.234. The van der Waals surface area contributed by atoms with Gasteiger partial charge in [-0.15, -0.1) is 0 Å². The van der Waals surface area contributed by atoms with E-state index in [0.717, 1.165) is 22.3 Å². The lowest BCUT2D eigenvalue weighted by Crippen LogP contribution is -2.00.